The zero-order valence-corrected chi connectivity index (χ0v) is 28.3. The number of para-hydroxylation sites is 2. The van der Waals surface area contributed by atoms with Gasteiger partial charge in [-0.15, -0.1) is 0 Å². The van der Waals surface area contributed by atoms with E-state index in [1.165, 1.54) is 38.5 Å². The largest absolute Gasteiger partial charge is 0.436 e. The zero-order chi connectivity index (χ0) is 34.4. The summed E-state index contributed by atoms with van der Waals surface area (Å²) < 4.78 is 8.99. The first kappa shape index (κ1) is 29.9. The van der Waals surface area contributed by atoms with Gasteiger partial charge in [-0.25, -0.2) is 4.98 Å². The van der Waals surface area contributed by atoms with Gasteiger partial charge >= 0.3 is 0 Å². The number of benzene rings is 8. The molecule has 0 saturated heterocycles. The van der Waals surface area contributed by atoms with Crippen molar-refractivity contribution >= 4 is 32.9 Å². The number of aromatic nitrogens is 2. The minimum Gasteiger partial charge on any atom is -0.436 e. The quantitative estimate of drug-likeness (QED) is 0.177. The smallest absolute Gasteiger partial charge is 0.227 e. The predicted molar refractivity (Wildman–Crippen MR) is 216 cm³/mol. The number of hydrogen-bond acceptors (Lipinski definition) is 2. The van der Waals surface area contributed by atoms with Gasteiger partial charge in [0, 0.05) is 27.6 Å². The Morgan fingerprint density at radius 3 is 1.67 bits per heavy atom. The van der Waals surface area contributed by atoms with Gasteiger partial charge in [0.25, 0.3) is 0 Å². The van der Waals surface area contributed by atoms with E-state index in [0.717, 1.165) is 50.2 Å². The average molecular weight is 665 g/mol. The molecule has 3 heteroatoms. The lowest BCUT2D eigenvalue weighted by atomic mass is 9.95. The van der Waals surface area contributed by atoms with E-state index in [1.54, 1.807) is 0 Å². The van der Waals surface area contributed by atoms with Crippen molar-refractivity contribution in [1.82, 2.24) is 9.55 Å². The number of rotatable bonds is 6. The second-order valence-electron chi connectivity index (χ2n) is 13.2. The number of hydrogen-bond donors (Lipinski definition) is 0. The molecule has 2 aromatic heterocycles. The van der Waals surface area contributed by atoms with Crippen LogP contribution in [0, 0.1) is 0 Å². The molecule has 52 heavy (non-hydrogen) atoms. The van der Waals surface area contributed by atoms with Crippen molar-refractivity contribution in [2.24, 2.45) is 0 Å². The number of oxazole rings is 1. The lowest BCUT2D eigenvalue weighted by Gasteiger charge is -2.10. The fourth-order valence-corrected chi connectivity index (χ4v) is 7.48. The van der Waals surface area contributed by atoms with Gasteiger partial charge in [0.2, 0.25) is 5.89 Å². The molecular formula is C49H32N2O. The van der Waals surface area contributed by atoms with Crippen molar-refractivity contribution < 1.29 is 4.42 Å². The third-order valence-corrected chi connectivity index (χ3v) is 10.0. The van der Waals surface area contributed by atoms with Crippen LogP contribution in [0.25, 0.3) is 94.6 Å². The molecule has 0 amide bonds. The molecule has 2 heterocycles. The summed E-state index contributed by atoms with van der Waals surface area (Å²) in [6.07, 6.45) is 0. The van der Waals surface area contributed by atoms with Gasteiger partial charge < -0.3 is 8.98 Å². The Kier molecular flexibility index (Phi) is 7.14. The van der Waals surface area contributed by atoms with E-state index in [-0.39, 0.29) is 0 Å². The van der Waals surface area contributed by atoms with Crippen molar-refractivity contribution in [1.29, 1.82) is 0 Å². The average Bonchev–Trinajstić information content (AvgIpc) is 3.81. The van der Waals surface area contributed by atoms with Crippen LogP contribution in [0.2, 0.25) is 0 Å². The van der Waals surface area contributed by atoms with E-state index in [9.17, 15) is 0 Å². The molecule has 0 spiro atoms. The zero-order valence-electron chi connectivity index (χ0n) is 28.3. The molecule has 10 aromatic rings. The van der Waals surface area contributed by atoms with Crippen LogP contribution in [-0.4, -0.2) is 9.55 Å². The molecule has 0 aliphatic carbocycles. The molecular weight excluding hydrogens is 633 g/mol. The van der Waals surface area contributed by atoms with Gasteiger partial charge in [0.15, 0.2) is 5.58 Å². The lowest BCUT2D eigenvalue weighted by Crippen LogP contribution is -1.93. The van der Waals surface area contributed by atoms with Gasteiger partial charge in [-0.2, -0.15) is 0 Å². The van der Waals surface area contributed by atoms with Crippen LogP contribution >= 0.6 is 0 Å². The lowest BCUT2D eigenvalue weighted by molar-refractivity contribution is 0.620. The third kappa shape index (κ3) is 5.19. The molecule has 0 aliphatic rings. The van der Waals surface area contributed by atoms with Gasteiger partial charge in [0.05, 0.1) is 11.0 Å². The monoisotopic (exact) mass is 664 g/mol. The molecule has 0 aliphatic heterocycles. The van der Waals surface area contributed by atoms with Crippen LogP contribution in [0.4, 0.5) is 0 Å². The Balaban J connectivity index is 1.16. The first-order chi connectivity index (χ1) is 25.8. The Morgan fingerprint density at radius 1 is 0.365 bits per heavy atom. The number of nitrogens with zero attached hydrogens (tertiary/aromatic N) is 2. The Bertz CT molecular complexity index is 2870. The van der Waals surface area contributed by atoms with Crippen LogP contribution in [0.3, 0.4) is 0 Å². The highest BCUT2D eigenvalue weighted by Gasteiger charge is 2.19. The normalized spacial score (nSPS) is 11.5. The van der Waals surface area contributed by atoms with E-state index in [4.69, 9.17) is 9.40 Å². The maximum atomic E-state index is 6.64. The Labute approximate surface area is 301 Å². The Hall–Kier alpha value is -6.97. The highest BCUT2D eigenvalue weighted by atomic mass is 16.3. The molecule has 0 saturated carbocycles. The maximum Gasteiger partial charge on any atom is 0.227 e. The predicted octanol–water partition coefficient (Wildman–Crippen LogP) is 13.3. The van der Waals surface area contributed by atoms with E-state index in [0.29, 0.717) is 5.89 Å². The summed E-state index contributed by atoms with van der Waals surface area (Å²) in [7, 11) is 0. The minimum absolute atomic E-state index is 0.604. The molecule has 0 atom stereocenters. The highest BCUT2D eigenvalue weighted by Crippen LogP contribution is 2.40. The van der Waals surface area contributed by atoms with E-state index < -0.39 is 0 Å². The van der Waals surface area contributed by atoms with E-state index in [2.05, 4.69) is 193 Å². The van der Waals surface area contributed by atoms with Gasteiger partial charge in [-0.05, 0) is 99.6 Å². The van der Waals surface area contributed by atoms with Crippen LogP contribution in [0.15, 0.2) is 199 Å². The first-order valence-corrected chi connectivity index (χ1v) is 17.6. The summed E-state index contributed by atoms with van der Waals surface area (Å²) >= 11 is 0. The van der Waals surface area contributed by atoms with Crippen molar-refractivity contribution in [3.05, 3.63) is 194 Å². The summed E-state index contributed by atoms with van der Waals surface area (Å²) in [5.41, 5.74) is 15.1. The summed E-state index contributed by atoms with van der Waals surface area (Å²) in [6, 6.07) is 68.6. The summed E-state index contributed by atoms with van der Waals surface area (Å²) in [4.78, 5) is 5.18. The summed E-state index contributed by atoms with van der Waals surface area (Å²) in [6.45, 7) is 0. The minimum atomic E-state index is 0.604. The standard InChI is InChI=1S/C49H32N2O/c1-4-13-33(14-5-1)35-23-25-36(26-24-35)49-50-48-43(31-40(32-47(48)52-49)38-18-12-17-37(29-38)34-15-6-2-7-16-34)39-27-28-46-44(30-39)42-21-10-11-22-45(42)51(46)41-19-8-3-9-20-41/h1-32H. The maximum absolute atomic E-state index is 6.64. The molecule has 0 bridgehead atoms. The van der Waals surface area contributed by atoms with E-state index >= 15 is 0 Å². The van der Waals surface area contributed by atoms with Crippen LogP contribution < -0.4 is 0 Å². The SMILES string of the molecule is c1ccc(-c2ccc(-c3nc4c(-c5ccc6c(c5)c5ccccc5n6-c5ccccc5)cc(-c5cccc(-c6ccccc6)c5)cc4o3)cc2)cc1. The number of fused-ring (bicyclic) bond motifs is 4. The van der Waals surface area contributed by atoms with Crippen molar-refractivity contribution in [2.75, 3.05) is 0 Å². The molecule has 3 nitrogen and oxygen atoms in total. The topological polar surface area (TPSA) is 31.0 Å². The molecule has 0 unspecified atom stereocenters. The fraction of sp³-hybridized carbons (Fsp3) is 0. The van der Waals surface area contributed by atoms with E-state index in [1.807, 2.05) is 6.07 Å². The van der Waals surface area contributed by atoms with Gasteiger partial charge in [0.1, 0.15) is 5.52 Å². The highest BCUT2D eigenvalue weighted by molar-refractivity contribution is 6.11. The Morgan fingerprint density at radius 2 is 0.923 bits per heavy atom. The molecule has 0 N–H and O–H groups in total. The van der Waals surface area contributed by atoms with Crippen molar-refractivity contribution in [2.45, 2.75) is 0 Å². The summed E-state index contributed by atoms with van der Waals surface area (Å²) in [5, 5.41) is 2.41. The first-order valence-electron chi connectivity index (χ1n) is 17.6. The summed E-state index contributed by atoms with van der Waals surface area (Å²) in [5.74, 6) is 0.604. The second kappa shape index (κ2) is 12.4. The van der Waals surface area contributed by atoms with Crippen LogP contribution in [0.5, 0.6) is 0 Å². The van der Waals surface area contributed by atoms with Gasteiger partial charge in [-0.1, -0.05) is 133 Å². The fourth-order valence-electron chi connectivity index (χ4n) is 7.48. The molecule has 0 fully saturated rings. The third-order valence-electron chi connectivity index (χ3n) is 10.0. The molecule has 244 valence electrons. The molecule has 8 aromatic carbocycles. The van der Waals surface area contributed by atoms with Crippen molar-refractivity contribution in [3.8, 4) is 61.6 Å². The molecule has 10 rings (SSSR count). The van der Waals surface area contributed by atoms with Crippen LogP contribution in [0.1, 0.15) is 0 Å². The van der Waals surface area contributed by atoms with Crippen LogP contribution in [-0.2, 0) is 0 Å². The van der Waals surface area contributed by atoms with Crippen molar-refractivity contribution in [3.63, 3.8) is 0 Å². The second-order valence-corrected chi connectivity index (χ2v) is 13.2. The van der Waals surface area contributed by atoms with Gasteiger partial charge in [-0.3, -0.25) is 0 Å². The molecule has 0 radical (unpaired) electrons.